The van der Waals surface area contributed by atoms with E-state index < -0.39 is 32.0 Å². The van der Waals surface area contributed by atoms with Gasteiger partial charge in [-0.05, 0) is 45.2 Å². The number of phosphoric ester groups is 1. The molecule has 3 N–H and O–H groups in total. The molecule has 0 aromatic heterocycles. The number of aliphatic carboxylic acids is 1. The second-order valence-corrected chi connectivity index (χ2v) is 12.7. The molecule has 0 radical (unpaired) electrons. The summed E-state index contributed by atoms with van der Waals surface area (Å²) in [4.78, 5) is 23.2. The number of aryl methyl sites for hydroxylation is 1. The fourth-order valence-corrected chi connectivity index (χ4v) is 5.39. The molecule has 1 rings (SSSR count). The zero-order valence-electron chi connectivity index (χ0n) is 25.4. The Kier molecular flexibility index (Phi) is 18.8. The van der Waals surface area contributed by atoms with Crippen molar-refractivity contribution in [2.24, 2.45) is 5.73 Å². The van der Waals surface area contributed by atoms with Crippen LogP contribution in [0.2, 0.25) is 0 Å². The van der Waals surface area contributed by atoms with E-state index in [9.17, 15) is 14.2 Å². The number of carbonyl (C=O) groups is 2. The standard InChI is InChI=1S/C30H52NO9P/c1-5-6-7-8-9-10-11-12-15-21-36-27-18-14-13-17-25(27)19-20-28(32)37-22-16-23-38-41(35,40-30(2,3)4)39-24-26(31)29(33)34/h13-14,17-18,26H,5-12,15-16,19-24,31H2,1-4H3,(H,33,34). The lowest BCUT2D eigenvalue weighted by atomic mass is 10.1. The molecule has 0 aliphatic rings. The fraction of sp³-hybridized carbons (Fsp3) is 0.733. The van der Waals surface area contributed by atoms with Crippen LogP contribution in [0, 0.1) is 0 Å². The number of esters is 1. The van der Waals surface area contributed by atoms with Gasteiger partial charge in [-0.2, -0.15) is 0 Å². The lowest BCUT2D eigenvalue weighted by Gasteiger charge is -2.26. The van der Waals surface area contributed by atoms with Crippen LogP contribution in [0.15, 0.2) is 24.3 Å². The summed E-state index contributed by atoms with van der Waals surface area (Å²) in [6.07, 6.45) is 12.2. The number of hydrogen-bond acceptors (Lipinski definition) is 9. The third-order valence-corrected chi connectivity index (χ3v) is 7.73. The summed E-state index contributed by atoms with van der Waals surface area (Å²) in [5.41, 5.74) is 5.50. The number of unbranched alkanes of at least 4 members (excludes halogenated alkanes) is 8. The molecular weight excluding hydrogens is 549 g/mol. The SMILES string of the molecule is CCCCCCCCCCCOc1ccccc1CCC(=O)OCCCOP(=O)(OCC(N)C(=O)O)OC(C)(C)C. The van der Waals surface area contributed by atoms with Gasteiger partial charge in [-0.1, -0.05) is 76.5 Å². The number of phosphoric acid groups is 1. The first-order valence-electron chi connectivity index (χ1n) is 14.9. The highest BCUT2D eigenvalue weighted by Crippen LogP contribution is 2.52. The zero-order valence-corrected chi connectivity index (χ0v) is 26.3. The number of carboxylic acids is 1. The van der Waals surface area contributed by atoms with E-state index in [0.29, 0.717) is 13.0 Å². The number of hydrogen-bond donors (Lipinski definition) is 2. The van der Waals surface area contributed by atoms with Crippen molar-refractivity contribution >= 4 is 19.8 Å². The van der Waals surface area contributed by atoms with Crippen LogP contribution in [0.25, 0.3) is 0 Å². The van der Waals surface area contributed by atoms with Crippen LogP contribution in [0.4, 0.5) is 0 Å². The second kappa shape index (κ2) is 20.8. The largest absolute Gasteiger partial charge is 0.493 e. The van der Waals surface area contributed by atoms with Gasteiger partial charge in [0.15, 0.2) is 0 Å². The van der Waals surface area contributed by atoms with Gasteiger partial charge >= 0.3 is 19.8 Å². The molecule has 11 heteroatoms. The van der Waals surface area contributed by atoms with Gasteiger partial charge in [0.2, 0.25) is 0 Å². The number of benzene rings is 1. The van der Waals surface area contributed by atoms with Crippen LogP contribution in [-0.4, -0.2) is 55.1 Å². The Bertz CT molecular complexity index is 919. The third kappa shape index (κ3) is 19.0. The maximum Gasteiger partial charge on any atom is 0.475 e. The molecular formula is C30H52NO9P. The molecule has 2 atom stereocenters. The molecule has 2 unspecified atom stereocenters. The molecule has 10 nitrogen and oxygen atoms in total. The molecule has 0 bridgehead atoms. The Labute approximate surface area is 246 Å². The summed E-state index contributed by atoms with van der Waals surface area (Å²) in [5, 5.41) is 8.91. The minimum Gasteiger partial charge on any atom is -0.493 e. The van der Waals surface area contributed by atoms with Crippen LogP contribution < -0.4 is 10.5 Å². The van der Waals surface area contributed by atoms with E-state index in [1.807, 2.05) is 24.3 Å². The number of nitrogens with two attached hydrogens (primary N) is 1. The van der Waals surface area contributed by atoms with Crippen LogP contribution in [0.1, 0.15) is 104 Å². The molecule has 0 saturated heterocycles. The number of carbonyl (C=O) groups excluding carboxylic acids is 1. The lowest BCUT2D eigenvalue weighted by molar-refractivity contribution is -0.143. The molecule has 0 aliphatic heterocycles. The molecule has 236 valence electrons. The summed E-state index contributed by atoms with van der Waals surface area (Å²) in [6, 6.07) is 6.36. The van der Waals surface area contributed by atoms with Gasteiger partial charge in [-0.25, -0.2) is 4.57 Å². The smallest absolute Gasteiger partial charge is 0.475 e. The molecule has 0 saturated carbocycles. The average Bonchev–Trinajstić information content (AvgIpc) is 2.91. The van der Waals surface area contributed by atoms with Crippen molar-refractivity contribution < 1.29 is 42.3 Å². The topological polar surface area (TPSA) is 144 Å². The van der Waals surface area contributed by atoms with Gasteiger partial charge in [0, 0.05) is 12.8 Å². The van der Waals surface area contributed by atoms with E-state index in [4.69, 9.17) is 33.9 Å². The molecule has 1 aromatic carbocycles. The highest BCUT2D eigenvalue weighted by Gasteiger charge is 2.34. The monoisotopic (exact) mass is 601 g/mol. The van der Waals surface area contributed by atoms with Crippen molar-refractivity contribution in [2.45, 2.75) is 116 Å². The van der Waals surface area contributed by atoms with E-state index in [-0.39, 0.29) is 32.0 Å². The zero-order chi connectivity index (χ0) is 30.6. The summed E-state index contributed by atoms with van der Waals surface area (Å²) >= 11 is 0. The number of carboxylic acid groups (broad SMARTS) is 1. The molecule has 1 aromatic rings. The second-order valence-electron chi connectivity index (χ2n) is 11.1. The minimum atomic E-state index is -4.08. The average molecular weight is 602 g/mol. The van der Waals surface area contributed by atoms with E-state index in [1.165, 1.54) is 44.9 Å². The molecule has 41 heavy (non-hydrogen) atoms. The highest BCUT2D eigenvalue weighted by atomic mass is 31.2. The van der Waals surface area contributed by atoms with Gasteiger partial charge in [0.05, 0.1) is 32.0 Å². The van der Waals surface area contributed by atoms with Crippen LogP contribution in [0.3, 0.4) is 0 Å². The summed E-state index contributed by atoms with van der Waals surface area (Å²) in [5.74, 6) is -0.866. The van der Waals surface area contributed by atoms with Crippen LogP contribution >= 0.6 is 7.82 Å². The van der Waals surface area contributed by atoms with Crippen LogP contribution in [0.5, 0.6) is 5.75 Å². The van der Waals surface area contributed by atoms with Gasteiger partial charge in [-0.3, -0.25) is 23.2 Å². The van der Waals surface area contributed by atoms with Gasteiger partial charge in [0.1, 0.15) is 11.8 Å². The lowest BCUT2D eigenvalue weighted by Crippen LogP contribution is -2.35. The molecule has 0 heterocycles. The van der Waals surface area contributed by atoms with Crippen molar-refractivity contribution in [3.8, 4) is 5.75 Å². The summed E-state index contributed by atoms with van der Waals surface area (Å²) < 4.78 is 40.0. The van der Waals surface area contributed by atoms with Gasteiger partial charge in [0.25, 0.3) is 0 Å². The Morgan fingerprint density at radius 3 is 2.17 bits per heavy atom. The molecule has 0 aliphatic carbocycles. The van der Waals surface area contributed by atoms with Crippen LogP contribution in [-0.2, 0) is 38.9 Å². The van der Waals surface area contributed by atoms with E-state index in [2.05, 4.69) is 6.92 Å². The number of para-hydroxylation sites is 1. The van der Waals surface area contributed by atoms with Crippen molar-refractivity contribution in [1.82, 2.24) is 0 Å². The maximum absolute atomic E-state index is 12.9. The third-order valence-electron chi connectivity index (χ3n) is 5.99. The normalized spacial score (nSPS) is 13.9. The Balaban J connectivity index is 2.32. The van der Waals surface area contributed by atoms with E-state index >= 15 is 0 Å². The van der Waals surface area contributed by atoms with Gasteiger partial charge in [-0.15, -0.1) is 0 Å². The maximum atomic E-state index is 12.9. The predicted octanol–water partition coefficient (Wildman–Crippen LogP) is 6.83. The molecule has 0 amide bonds. The quantitative estimate of drug-likeness (QED) is 0.0735. The van der Waals surface area contributed by atoms with Crippen molar-refractivity contribution in [3.63, 3.8) is 0 Å². The fourth-order valence-electron chi connectivity index (χ4n) is 3.84. The minimum absolute atomic E-state index is 0.0553. The van der Waals surface area contributed by atoms with Crippen molar-refractivity contribution in [1.29, 1.82) is 0 Å². The Morgan fingerprint density at radius 2 is 1.54 bits per heavy atom. The Hall–Kier alpha value is -1.97. The predicted molar refractivity (Wildman–Crippen MR) is 159 cm³/mol. The number of rotatable bonds is 24. The van der Waals surface area contributed by atoms with Crippen molar-refractivity contribution in [2.75, 3.05) is 26.4 Å². The molecule has 0 spiro atoms. The van der Waals surface area contributed by atoms with Gasteiger partial charge < -0.3 is 20.3 Å². The summed E-state index contributed by atoms with van der Waals surface area (Å²) in [6.45, 7) is 7.30. The van der Waals surface area contributed by atoms with E-state index in [0.717, 1.165) is 24.2 Å². The summed E-state index contributed by atoms with van der Waals surface area (Å²) in [7, 11) is -4.08. The van der Waals surface area contributed by atoms with Crippen molar-refractivity contribution in [3.05, 3.63) is 29.8 Å². The first-order valence-corrected chi connectivity index (χ1v) is 16.4. The Morgan fingerprint density at radius 1 is 0.902 bits per heavy atom. The highest BCUT2D eigenvalue weighted by molar-refractivity contribution is 7.48. The molecule has 0 fully saturated rings. The first-order chi connectivity index (χ1) is 19.5. The number of ether oxygens (including phenoxy) is 2. The van der Waals surface area contributed by atoms with E-state index in [1.54, 1.807) is 20.8 Å². The first kappa shape index (κ1) is 37.1.